The van der Waals surface area contributed by atoms with Gasteiger partial charge in [0.2, 0.25) is 0 Å². The van der Waals surface area contributed by atoms with Gasteiger partial charge < -0.3 is 0 Å². The van der Waals surface area contributed by atoms with Crippen LogP contribution in [0.3, 0.4) is 0 Å². The molecule has 0 saturated heterocycles. The van der Waals surface area contributed by atoms with E-state index in [0.717, 1.165) is 0 Å². The van der Waals surface area contributed by atoms with Crippen molar-refractivity contribution >= 4 is 17.7 Å². The first-order chi connectivity index (χ1) is 13.7. The second-order valence-corrected chi connectivity index (χ2v) is 13.2. The molecule has 0 saturated carbocycles. The van der Waals surface area contributed by atoms with Crippen molar-refractivity contribution in [3.8, 4) is 11.1 Å². The zero-order valence-corrected chi connectivity index (χ0v) is 20.7. The summed E-state index contributed by atoms with van der Waals surface area (Å²) >= 11 is 2.44. The van der Waals surface area contributed by atoms with Crippen LogP contribution in [-0.4, -0.2) is 17.7 Å². The number of rotatable bonds is 0. The van der Waals surface area contributed by atoms with E-state index < -0.39 is 0 Å². The van der Waals surface area contributed by atoms with Crippen molar-refractivity contribution in [2.75, 3.05) is 0 Å². The predicted octanol–water partition coefficient (Wildman–Crippen LogP) is 7.62. The molecule has 30 heavy (non-hydrogen) atoms. The van der Waals surface area contributed by atoms with Crippen molar-refractivity contribution in [3.05, 3.63) is 57.6 Å². The Hall–Kier alpha value is -0.963. The Balaban J connectivity index is 1.78. The Labute approximate surface area is 193 Å². The average molecular weight is 393 g/mol. The normalized spacial score (nSPS) is 24.6. The zero-order valence-electron chi connectivity index (χ0n) is 20.7. The standard InChI is InChI=1S/C29H37.Li/c1-26(2)9-11-28(5,6)24-16-20-18(14-22(24)26)13-19-15-23-25(17-21(19)20)29(7,8)12-10-27(23,3)4;/h13-17H,9-12H2,1-8H3;. The number of fused-ring (bicyclic) bond motifs is 5. The summed E-state index contributed by atoms with van der Waals surface area (Å²) in [6.45, 7) is 19.6. The molecular weight excluding hydrogens is 355 g/mol. The van der Waals surface area contributed by atoms with E-state index >= 15 is 0 Å². The molecular formula is C29H37Li. The van der Waals surface area contributed by atoms with Gasteiger partial charge in [0.05, 0.1) is 0 Å². The summed E-state index contributed by atoms with van der Waals surface area (Å²) < 4.78 is 0.493. The first kappa shape index (κ1) is 20.9. The molecule has 3 aliphatic carbocycles. The minimum absolute atomic E-state index is 0.265. The van der Waals surface area contributed by atoms with E-state index in [0.29, 0.717) is 4.59 Å². The van der Waals surface area contributed by atoms with Crippen LogP contribution in [0.25, 0.3) is 11.1 Å². The van der Waals surface area contributed by atoms with E-state index in [4.69, 9.17) is 0 Å². The maximum absolute atomic E-state index is 2.60. The molecule has 0 heterocycles. The number of hydrogen-bond donors (Lipinski definition) is 0. The molecule has 0 N–H and O–H groups in total. The van der Waals surface area contributed by atoms with Crippen LogP contribution < -0.4 is 0 Å². The first-order valence-electron chi connectivity index (χ1n) is 12.1. The molecule has 5 rings (SSSR count). The summed E-state index contributed by atoms with van der Waals surface area (Å²) in [7, 11) is 0. The van der Waals surface area contributed by atoms with Gasteiger partial charge >= 0.3 is 194 Å². The Kier molecular flexibility index (Phi) is 4.24. The second-order valence-electron chi connectivity index (χ2n) is 13.2. The maximum atomic E-state index is 2.60. The quantitative estimate of drug-likeness (QED) is 0.404. The fraction of sp³-hybridized carbons (Fsp3) is 0.586. The van der Waals surface area contributed by atoms with Crippen molar-refractivity contribution < 1.29 is 0 Å². The van der Waals surface area contributed by atoms with E-state index in [9.17, 15) is 0 Å². The fourth-order valence-electron chi connectivity index (χ4n) is 6.61. The van der Waals surface area contributed by atoms with Gasteiger partial charge in [0, 0.05) is 0 Å². The summed E-state index contributed by atoms with van der Waals surface area (Å²) in [5.74, 6) is 0. The van der Waals surface area contributed by atoms with Gasteiger partial charge in [-0.3, -0.25) is 0 Å². The molecule has 2 aromatic carbocycles. The van der Waals surface area contributed by atoms with Crippen LogP contribution in [0.4, 0.5) is 0 Å². The number of hydrogen-bond acceptors (Lipinski definition) is 0. The molecule has 1 heteroatoms. The average Bonchev–Trinajstić information content (AvgIpc) is 2.93. The van der Waals surface area contributed by atoms with Gasteiger partial charge in [0.1, 0.15) is 0 Å². The first-order valence-corrected chi connectivity index (χ1v) is 12.1. The van der Waals surface area contributed by atoms with Crippen LogP contribution in [-0.2, 0) is 21.7 Å². The van der Waals surface area contributed by atoms with E-state index in [1.807, 2.05) is 0 Å². The summed E-state index contributed by atoms with van der Waals surface area (Å²) in [5, 5.41) is 0. The van der Waals surface area contributed by atoms with Crippen molar-refractivity contribution in [2.24, 2.45) is 0 Å². The van der Waals surface area contributed by atoms with Gasteiger partial charge in [-0.2, -0.15) is 0 Å². The predicted molar refractivity (Wildman–Crippen MR) is 130 cm³/mol. The molecule has 0 fully saturated rings. The molecule has 0 radical (unpaired) electrons. The Morgan fingerprint density at radius 3 is 1.10 bits per heavy atom. The van der Waals surface area contributed by atoms with E-state index in [1.165, 1.54) is 36.8 Å². The van der Waals surface area contributed by atoms with Crippen LogP contribution in [0, 0.1) is 0 Å². The van der Waals surface area contributed by atoms with Crippen LogP contribution in [0.2, 0.25) is 0 Å². The van der Waals surface area contributed by atoms with E-state index in [-0.39, 0.29) is 21.7 Å². The Morgan fingerprint density at radius 2 is 0.800 bits per heavy atom. The van der Waals surface area contributed by atoms with Crippen LogP contribution >= 0.6 is 0 Å². The van der Waals surface area contributed by atoms with Gasteiger partial charge in [-0.15, -0.1) is 0 Å². The summed E-state index contributed by atoms with van der Waals surface area (Å²) in [5.41, 5.74) is 13.6. The monoisotopic (exact) mass is 392 g/mol. The van der Waals surface area contributed by atoms with Gasteiger partial charge in [-0.25, -0.2) is 0 Å². The van der Waals surface area contributed by atoms with Gasteiger partial charge in [0.25, 0.3) is 0 Å². The van der Waals surface area contributed by atoms with Gasteiger partial charge in [0.15, 0.2) is 0 Å². The molecule has 2 aromatic rings. The third-order valence-corrected chi connectivity index (χ3v) is 9.27. The van der Waals surface area contributed by atoms with Crippen LogP contribution in [0.5, 0.6) is 0 Å². The fourth-order valence-corrected chi connectivity index (χ4v) is 6.61. The molecule has 0 bridgehead atoms. The van der Waals surface area contributed by atoms with Crippen LogP contribution in [0.1, 0.15) is 119 Å². The van der Waals surface area contributed by atoms with Crippen molar-refractivity contribution in [1.29, 1.82) is 0 Å². The van der Waals surface area contributed by atoms with Crippen molar-refractivity contribution in [1.82, 2.24) is 0 Å². The number of benzene rings is 2. The second kappa shape index (κ2) is 6.08. The molecule has 3 aliphatic rings. The Bertz CT molecular complexity index is 979. The molecule has 0 unspecified atom stereocenters. The summed E-state index contributed by atoms with van der Waals surface area (Å²) in [4.78, 5) is 0. The minimum atomic E-state index is 0.265. The molecule has 0 atom stereocenters. The van der Waals surface area contributed by atoms with Gasteiger partial charge in [-0.1, -0.05) is 0 Å². The Morgan fingerprint density at radius 1 is 0.533 bits per heavy atom. The zero-order chi connectivity index (χ0) is 21.9. The summed E-state index contributed by atoms with van der Waals surface area (Å²) in [6, 6.07) is 10.4. The van der Waals surface area contributed by atoms with Crippen molar-refractivity contribution in [3.63, 3.8) is 0 Å². The molecule has 0 amide bonds. The van der Waals surface area contributed by atoms with Gasteiger partial charge in [-0.05, 0) is 0 Å². The third-order valence-electron chi connectivity index (χ3n) is 9.27. The molecule has 0 aromatic heterocycles. The SMILES string of the molecule is [Li][CH]1c2cc3c(cc2-c2cc4c(cc21)C(C)(C)CCC4(C)C)C(C)(C)CCC3(C)C. The van der Waals surface area contributed by atoms with E-state index in [1.54, 1.807) is 33.4 Å². The van der Waals surface area contributed by atoms with Crippen molar-refractivity contribution in [2.45, 2.75) is 107 Å². The third kappa shape index (κ3) is 2.79. The molecule has 0 spiro atoms. The van der Waals surface area contributed by atoms with Crippen LogP contribution in [0.15, 0.2) is 24.3 Å². The molecule has 154 valence electrons. The van der Waals surface area contributed by atoms with E-state index in [2.05, 4.69) is 97.4 Å². The molecule has 0 nitrogen and oxygen atoms in total. The topological polar surface area (TPSA) is 0 Å². The molecule has 0 aliphatic heterocycles. The summed E-state index contributed by atoms with van der Waals surface area (Å²) in [6.07, 6.45) is 5.12.